The lowest BCUT2D eigenvalue weighted by molar-refractivity contribution is 0.0697. The summed E-state index contributed by atoms with van der Waals surface area (Å²) >= 11 is 1.73. The molecule has 3 heteroatoms. The van der Waals surface area contributed by atoms with Crippen LogP contribution in [0, 0.1) is 0 Å². The second-order valence-corrected chi connectivity index (χ2v) is 6.17. The number of thiophene rings is 1. The average Bonchev–Trinajstić information content (AvgIpc) is 3.08. The topological polar surface area (TPSA) is 37.3 Å². The molecule has 0 bridgehead atoms. The van der Waals surface area contributed by atoms with Crippen molar-refractivity contribution in [2.45, 2.75) is 0 Å². The van der Waals surface area contributed by atoms with Crippen LogP contribution in [0.4, 0.5) is 0 Å². The molecule has 0 aliphatic heterocycles. The summed E-state index contributed by atoms with van der Waals surface area (Å²) in [5, 5.41) is 15.5. The van der Waals surface area contributed by atoms with Crippen molar-refractivity contribution in [3.05, 3.63) is 71.6 Å². The van der Waals surface area contributed by atoms with E-state index in [0.717, 1.165) is 16.2 Å². The molecule has 0 saturated heterocycles. The smallest absolute Gasteiger partial charge is 0.335 e. The third-order valence-electron chi connectivity index (χ3n) is 3.89. The van der Waals surface area contributed by atoms with Crippen LogP contribution in [0.15, 0.2) is 66.0 Å². The number of hydrogen-bond acceptors (Lipinski definition) is 2. The fourth-order valence-electron chi connectivity index (χ4n) is 2.80. The zero-order valence-corrected chi connectivity index (χ0v) is 12.4. The van der Waals surface area contributed by atoms with Crippen LogP contribution in [0.1, 0.15) is 10.4 Å². The zero-order valence-electron chi connectivity index (χ0n) is 11.6. The standard InChI is InChI=1S/C19H12O2S/c20-19(21)15-6-8-17-13(11-15)4-3-12-10-14(5-7-16(12)17)18-2-1-9-22-18/h1-11H,(H,20,21). The van der Waals surface area contributed by atoms with E-state index < -0.39 is 5.97 Å². The minimum atomic E-state index is -0.893. The van der Waals surface area contributed by atoms with Crippen LogP contribution in [0.25, 0.3) is 32.0 Å². The Balaban J connectivity index is 1.95. The SMILES string of the molecule is O=C(O)c1ccc2c(ccc3cc(-c4cccs4)ccc32)c1. The number of carboxylic acid groups (broad SMARTS) is 1. The molecule has 3 aromatic carbocycles. The molecule has 22 heavy (non-hydrogen) atoms. The molecule has 106 valence electrons. The molecule has 0 atom stereocenters. The normalized spacial score (nSPS) is 11.1. The Bertz CT molecular complexity index is 1000. The van der Waals surface area contributed by atoms with Crippen molar-refractivity contribution in [2.24, 2.45) is 0 Å². The van der Waals surface area contributed by atoms with Crippen molar-refractivity contribution in [2.75, 3.05) is 0 Å². The first-order chi connectivity index (χ1) is 10.7. The van der Waals surface area contributed by atoms with E-state index in [9.17, 15) is 4.79 Å². The van der Waals surface area contributed by atoms with Gasteiger partial charge in [-0.15, -0.1) is 11.3 Å². The first-order valence-electron chi connectivity index (χ1n) is 6.96. The lowest BCUT2D eigenvalue weighted by atomic mass is 9.98. The maximum absolute atomic E-state index is 11.1. The highest BCUT2D eigenvalue weighted by Gasteiger charge is 2.07. The fourth-order valence-corrected chi connectivity index (χ4v) is 3.52. The van der Waals surface area contributed by atoms with Crippen molar-refractivity contribution in [3.63, 3.8) is 0 Å². The Morgan fingerprint density at radius 1 is 0.864 bits per heavy atom. The van der Waals surface area contributed by atoms with E-state index in [2.05, 4.69) is 41.8 Å². The molecule has 1 heterocycles. The summed E-state index contributed by atoms with van der Waals surface area (Å²) in [5.41, 5.74) is 1.53. The molecule has 0 aliphatic rings. The van der Waals surface area contributed by atoms with E-state index in [1.54, 1.807) is 23.5 Å². The summed E-state index contributed by atoms with van der Waals surface area (Å²) in [6.45, 7) is 0. The third kappa shape index (κ3) is 2.07. The molecule has 0 spiro atoms. The molecule has 0 fully saturated rings. The highest BCUT2D eigenvalue weighted by atomic mass is 32.1. The van der Waals surface area contributed by atoms with Crippen molar-refractivity contribution < 1.29 is 9.90 Å². The predicted molar refractivity (Wildman–Crippen MR) is 91.7 cm³/mol. The molecule has 2 nitrogen and oxygen atoms in total. The minimum absolute atomic E-state index is 0.321. The van der Waals surface area contributed by atoms with Crippen LogP contribution in [0.5, 0.6) is 0 Å². The summed E-state index contributed by atoms with van der Waals surface area (Å²) in [4.78, 5) is 12.3. The lowest BCUT2D eigenvalue weighted by Crippen LogP contribution is -1.95. The second-order valence-electron chi connectivity index (χ2n) is 5.22. The Hall–Kier alpha value is -2.65. The second kappa shape index (κ2) is 4.97. The molecule has 4 rings (SSSR count). The average molecular weight is 304 g/mol. The number of carboxylic acids is 1. The quantitative estimate of drug-likeness (QED) is 0.502. The molecule has 4 aromatic rings. The number of carbonyl (C=O) groups is 1. The van der Waals surface area contributed by atoms with Crippen molar-refractivity contribution in [1.82, 2.24) is 0 Å². The van der Waals surface area contributed by atoms with Crippen molar-refractivity contribution >= 4 is 38.9 Å². The maximum Gasteiger partial charge on any atom is 0.335 e. The van der Waals surface area contributed by atoms with E-state index in [0.29, 0.717) is 5.56 Å². The first kappa shape index (κ1) is 13.0. The zero-order chi connectivity index (χ0) is 15.1. The van der Waals surface area contributed by atoms with Crippen LogP contribution in [-0.4, -0.2) is 11.1 Å². The van der Waals surface area contributed by atoms with Gasteiger partial charge in [0, 0.05) is 4.88 Å². The lowest BCUT2D eigenvalue weighted by Gasteiger charge is -2.07. The van der Waals surface area contributed by atoms with Gasteiger partial charge in [0.2, 0.25) is 0 Å². The van der Waals surface area contributed by atoms with Gasteiger partial charge in [-0.05, 0) is 56.8 Å². The number of benzene rings is 3. The van der Waals surface area contributed by atoms with Crippen LogP contribution in [0.2, 0.25) is 0 Å². The van der Waals surface area contributed by atoms with Crippen LogP contribution >= 0.6 is 11.3 Å². The van der Waals surface area contributed by atoms with E-state index in [1.165, 1.54) is 15.8 Å². The fraction of sp³-hybridized carbons (Fsp3) is 0. The maximum atomic E-state index is 11.1. The molecular weight excluding hydrogens is 292 g/mol. The summed E-state index contributed by atoms with van der Waals surface area (Å²) in [5.74, 6) is -0.893. The van der Waals surface area contributed by atoms with Gasteiger partial charge in [-0.1, -0.05) is 36.4 Å². The summed E-state index contributed by atoms with van der Waals surface area (Å²) in [7, 11) is 0. The molecule has 1 aromatic heterocycles. The highest BCUT2D eigenvalue weighted by molar-refractivity contribution is 7.13. The number of aromatic carboxylic acids is 1. The number of rotatable bonds is 2. The van der Waals surface area contributed by atoms with E-state index in [1.807, 2.05) is 12.1 Å². The molecule has 0 saturated carbocycles. The van der Waals surface area contributed by atoms with Gasteiger partial charge in [-0.25, -0.2) is 4.79 Å². The summed E-state index contributed by atoms with van der Waals surface area (Å²) in [6, 6.07) is 19.9. The largest absolute Gasteiger partial charge is 0.478 e. The van der Waals surface area contributed by atoms with Crippen molar-refractivity contribution in [3.8, 4) is 10.4 Å². The van der Waals surface area contributed by atoms with E-state index >= 15 is 0 Å². The molecule has 0 amide bonds. The third-order valence-corrected chi connectivity index (χ3v) is 4.81. The summed E-state index contributed by atoms with van der Waals surface area (Å²) < 4.78 is 0. The first-order valence-corrected chi connectivity index (χ1v) is 7.84. The van der Waals surface area contributed by atoms with Crippen molar-refractivity contribution in [1.29, 1.82) is 0 Å². The Labute approximate surface area is 131 Å². The predicted octanol–water partition coefficient (Wildman–Crippen LogP) is 5.42. The molecule has 0 radical (unpaired) electrons. The van der Waals surface area contributed by atoms with Gasteiger partial charge in [0.1, 0.15) is 0 Å². The Kier molecular flexibility index (Phi) is 2.94. The number of fused-ring (bicyclic) bond motifs is 3. The van der Waals surface area contributed by atoms with Gasteiger partial charge in [0.15, 0.2) is 0 Å². The molecular formula is C19H12O2S. The highest BCUT2D eigenvalue weighted by Crippen LogP contribution is 2.31. The van der Waals surface area contributed by atoms with Gasteiger partial charge in [-0.3, -0.25) is 0 Å². The van der Waals surface area contributed by atoms with E-state index in [4.69, 9.17) is 5.11 Å². The molecule has 1 N–H and O–H groups in total. The molecule has 0 unspecified atom stereocenters. The Morgan fingerprint density at radius 3 is 2.27 bits per heavy atom. The van der Waals surface area contributed by atoms with Crippen LogP contribution in [-0.2, 0) is 0 Å². The van der Waals surface area contributed by atoms with Gasteiger partial charge in [0.05, 0.1) is 5.56 Å². The van der Waals surface area contributed by atoms with E-state index in [-0.39, 0.29) is 0 Å². The van der Waals surface area contributed by atoms with Gasteiger partial charge in [-0.2, -0.15) is 0 Å². The minimum Gasteiger partial charge on any atom is -0.478 e. The Morgan fingerprint density at radius 2 is 1.59 bits per heavy atom. The van der Waals surface area contributed by atoms with Gasteiger partial charge in [0.25, 0.3) is 0 Å². The van der Waals surface area contributed by atoms with Crippen LogP contribution < -0.4 is 0 Å². The summed E-state index contributed by atoms with van der Waals surface area (Å²) in [6.07, 6.45) is 0. The van der Waals surface area contributed by atoms with Gasteiger partial charge >= 0.3 is 5.97 Å². The monoisotopic (exact) mass is 304 g/mol. The molecule has 0 aliphatic carbocycles. The van der Waals surface area contributed by atoms with Crippen LogP contribution in [0.3, 0.4) is 0 Å². The number of hydrogen-bond donors (Lipinski definition) is 1. The van der Waals surface area contributed by atoms with Gasteiger partial charge < -0.3 is 5.11 Å².